The van der Waals surface area contributed by atoms with Gasteiger partial charge in [0.2, 0.25) is 0 Å². The van der Waals surface area contributed by atoms with E-state index in [2.05, 4.69) is 206 Å². The summed E-state index contributed by atoms with van der Waals surface area (Å²) in [7, 11) is 0. The van der Waals surface area contributed by atoms with Crippen LogP contribution in [0, 0.1) is 0 Å². The molecule has 0 bridgehead atoms. The highest BCUT2D eigenvalue weighted by atomic mass is 14.3. The van der Waals surface area contributed by atoms with Crippen molar-refractivity contribution in [1.82, 2.24) is 0 Å². The lowest BCUT2D eigenvalue weighted by atomic mass is 9.83. The van der Waals surface area contributed by atoms with Crippen LogP contribution in [0.1, 0.15) is 0 Å². The smallest absolute Gasteiger partial charge is 0.00201 e. The molecule has 0 saturated heterocycles. The molecule has 0 radical (unpaired) electrons. The summed E-state index contributed by atoms with van der Waals surface area (Å²) in [6.45, 7) is 0. The van der Waals surface area contributed by atoms with Crippen LogP contribution in [0.3, 0.4) is 0 Å². The van der Waals surface area contributed by atoms with E-state index in [0.29, 0.717) is 0 Å². The van der Waals surface area contributed by atoms with Crippen molar-refractivity contribution in [3.05, 3.63) is 206 Å². The monoisotopic (exact) mass is 682 g/mol. The predicted octanol–water partition coefficient (Wildman–Crippen LogP) is 15.1. The predicted molar refractivity (Wildman–Crippen MR) is 231 cm³/mol. The highest BCUT2D eigenvalue weighted by Gasteiger charge is 2.24. The van der Waals surface area contributed by atoms with Crippen LogP contribution in [-0.4, -0.2) is 0 Å². The molecule has 10 aromatic carbocycles. The van der Waals surface area contributed by atoms with Crippen molar-refractivity contribution in [2.75, 3.05) is 0 Å². The molecular weight excluding hydrogens is 649 g/mol. The maximum atomic E-state index is 2.37. The summed E-state index contributed by atoms with van der Waals surface area (Å²) in [5.74, 6) is 0. The highest BCUT2D eigenvalue weighted by molar-refractivity contribution is 6.21. The molecule has 1 aliphatic rings. The van der Waals surface area contributed by atoms with Crippen LogP contribution >= 0.6 is 0 Å². The van der Waals surface area contributed by atoms with Gasteiger partial charge in [-0.2, -0.15) is 0 Å². The molecule has 0 aromatic heterocycles. The Balaban J connectivity index is 1.16. The lowest BCUT2D eigenvalue weighted by molar-refractivity contribution is 1.58. The Hall–Kier alpha value is -7.02. The normalized spacial score (nSPS) is 11.7. The summed E-state index contributed by atoms with van der Waals surface area (Å²) in [5.41, 5.74) is 17.6. The summed E-state index contributed by atoms with van der Waals surface area (Å²) in [5, 5.41) is 7.65. The van der Waals surface area contributed by atoms with Gasteiger partial charge < -0.3 is 0 Å². The van der Waals surface area contributed by atoms with Crippen molar-refractivity contribution in [2.24, 2.45) is 0 Å². The van der Waals surface area contributed by atoms with Crippen molar-refractivity contribution >= 4 is 32.3 Å². The number of hydrogen-bond acceptors (Lipinski definition) is 0. The zero-order chi connectivity index (χ0) is 35.6. The Labute approximate surface area is 315 Å². The molecule has 0 atom stereocenters. The van der Waals surface area contributed by atoms with E-state index in [0.717, 1.165) is 0 Å². The van der Waals surface area contributed by atoms with Gasteiger partial charge in [0, 0.05) is 0 Å². The fourth-order valence-corrected chi connectivity index (χ4v) is 8.98. The van der Waals surface area contributed by atoms with Crippen LogP contribution in [0.4, 0.5) is 0 Å². The molecular formula is C54H34. The lowest BCUT2D eigenvalue weighted by Crippen LogP contribution is -1.94. The quantitative estimate of drug-likeness (QED) is 0.169. The van der Waals surface area contributed by atoms with Crippen molar-refractivity contribution in [3.63, 3.8) is 0 Å². The molecule has 0 N–H and O–H groups in total. The largest absolute Gasteiger partial charge is 0.0622 e. The summed E-state index contributed by atoms with van der Waals surface area (Å²) in [6, 6.07) is 76.1. The SMILES string of the molecule is c1ccc(-c2c(-c3cccc(-c4ccc5ccccc5c4)c3)ccc3c(-c4ccccc4)c(-c4ccc5c6c(cccc46)-c4ccccc4-5)ccc23)cc1. The van der Waals surface area contributed by atoms with E-state index in [-0.39, 0.29) is 0 Å². The van der Waals surface area contributed by atoms with Crippen LogP contribution < -0.4 is 0 Å². The van der Waals surface area contributed by atoms with Crippen molar-refractivity contribution in [3.8, 4) is 77.9 Å². The van der Waals surface area contributed by atoms with E-state index in [4.69, 9.17) is 0 Å². The number of benzene rings is 10. The Morgan fingerprint density at radius 3 is 1.44 bits per heavy atom. The Kier molecular flexibility index (Phi) is 6.97. The van der Waals surface area contributed by atoms with E-state index >= 15 is 0 Å². The lowest BCUT2D eigenvalue weighted by Gasteiger charge is -2.20. The van der Waals surface area contributed by atoms with E-state index in [1.165, 1.54) is 110 Å². The van der Waals surface area contributed by atoms with E-state index in [9.17, 15) is 0 Å². The molecule has 0 nitrogen and oxygen atoms in total. The standard InChI is InChI=1S/C54H34/c1-3-14-36(15-4-1)52-42(41-20-11-19-39(34-41)40-26-25-35-13-7-8-18-38(35)33-40)27-29-51-50(52)32-31-48(53(51)37-16-5-2-6-17-37)45-28-30-49-44-22-10-9-21-43(44)46-23-12-24-47(45)54(46)49/h1-34H. The maximum Gasteiger partial charge on any atom is -0.00201 e. The number of hydrogen-bond donors (Lipinski definition) is 0. The number of rotatable bonds is 5. The Morgan fingerprint density at radius 1 is 0.204 bits per heavy atom. The van der Waals surface area contributed by atoms with Crippen LogP contribution in [0.15, 0.2) is 206 Å². The molecule has 0 spiro atoms. The number of fused-ring (bicyclic) bond motifs is 5. The molecule has 0 unspecified atom stereocenters. The Bertz CT molecular complexity index is 3050. The summed E-state index contributed by atoms with van der Waals surface area (Å²) in [6.07, 6.45) is 0. The Morgan fingerprint density at radius 2 is 0.704 bits per heavy atom. The molecule has 0 saturated carbocycles. The van der Waals surface area contributed by atoms with Gasteiger partial charge in [0.05, 0.1) is 0 Å². The van der Waals surface area contributed by atoms with Crippen molar-refractivity contribution in [2.45, 2.75) is 0 Å². The second-order valence-corrected chi connectivity index (χ2v) is 14.4. The fourth-order valence-electron chi connectivity index (χ4n) is 8.98. The van der Waals surface area contributed by atoms with Gasteiger partial charge >= 0.3 is 0 Å². The van der Waals surface area contributed by atoms with E-state index in [1.54, 1.807) is 0 Å². The molecule has 250 valence electrons. The molecule has 11 rings (SSSR count). The van der Waals surface area contributed by atoms with Crippen LogP contribution in [0.25, 0.3) is 110 Å². The van der Waals surface area contributed by atoms with E-state index < -0.39 is 0 Å². The zero-order valence-electron chi connectivity index (χ0n) is 29.6. The molecule has 1 aliphatic carbocycles. The van der Waals surface area contributed by atoms with Gasteiger partial charge in [-0.25, -0.2) is 0 Å². The maximum absolute atomic E-state index is 2.37. The second kappa shape index (κ2) is 12.3. The van der Waals surface area contributed by atoms with Crippen LogP contribution in [0.2, 0.25) is 0 Å². The summed E-state index contributed by atoms with van der Waals surface area (Å²) in [4.78, 5) is 0. The first-order valence-corrected chi connectivity index (χ1v) is 18.8. The first-order valence-electron chi connectivity index (χ1n) is 18.8. The highest BCUT2D eigenvalue weighted by Crippen LogP contribution is 2.51. The average Bonchev–Trinajstić information content (AvgIpc) is 3.58. The third-order valence-corrected chi connectivity index (χ3v) is 11.4. The van der Waals surface area contributed by atoms with Gasteiger partial charge in [0.1, 0.15) is 0 Å². The summed E-state index contributed by atoms with van der Waals surface area (Å²) < 4.78 is 0. The average molecular weight is 683 g/mol. The van der Waals surface area contributed by atoms with Gasteiger partial charge in [0.25, 0.3) is 0 Å². The van der Waals surface area contributed by atoms with Gasteiger partial charge in [-0.05, 0) is 122 Å². The first-order chi connectivity index (χ1) is 26.8. The molecule has 54 heavy (non-hydrogen) atoms. The fraction of sp³-hybridized carbons (Fsp3) is 0. The topological polar surface area (TPSA) is 0 Å². The van der Waals surface area contributed by atoms with E-state index in [1.807, 2.05) is 0 Å². The zero-order valence-corrected chi connectivity index (χ0v) is 29.6. The molecule has 10 aromatic rings. The third-order valence-electron chi connectivity index (χ3n) is 11.4. The third kappa shape index (κ3) is 4.78. The molecule has 0 heterocycles. The van der Waals surface area contributed by atoms with Gasteiger partial charge in [-0.3, -0.25) is 0 Å². The van der Waals surface area contributed by atoms with Crippen molar-refractivity contribution in [1.29, 1.82) is 0 Å². The second-order valence-electron chi connectivity index (χ2n) is 14.4. The molecule has 0 aliphatic heterocycles. The van der Waals surface area contributed by atoms with Gasteiger partial charge in [-0.1, -0.05) is 194 Å². The van der Waals surface area contributed by atoms with Gasteiger partial charge in [-0.15, -0.1) is 0 Å². The summed E-state index contributed by atoms with van der Waals surface area (Å²) >= 11 is 0. The minimum Gasteiger partial charge on any atom is -0.0622 e. The minimum atomic E-state index is 1.21. The van der Waals surface area contributed by atoms with Crippen molar-refractivity contribution < 1.29 is 0 Å². The van der Waals surface area contributed by atoms with Crippen LogP contribution in [0.5, 0.6) is 0 Å². The molecule has 0 heteroatoms. The first kappa shape index (κ1) is 30.6. The molecule has 0 fully saturated rings. The minimum absolute atomic E-state index is 1.21. The molecule has 0 amide bonds. The van der Waals surface area contributed by atoms with Gasteiger partial charge in [0.15, 0.2) is 0 Å². The van der Waals surface area contributed by atoms with Crippen LogP contribution in [-0.2, 0) is 0 Å².